The van der Waals surface area contributed by atoms with Crippen LogP contribution in [-0.4, -0.2) is 34.6 Å². The van der Waals surface area contributed by atoms with Crippen molar-refractivity contribution in [2.24, 2.45) is 0 Å². The fourth-order valence-corrected chi connectivity index (χ4v) is 1.96. The summed E-state index contributed by atoms with van der Waals surface area (Å²) in [6.07, 6.45) is -0.0920. The van der Waals surface area contributed by atoms with Crippen molar-refractivity contribution in [1.82, 2.24) is 4.90 Å². The van der Waals surface area contributed by atoms with E-state index in [-0.39, 0.29) is 11.9 Å². The second-order valence-electron chi connectivity index (χ2n) is 5.09. The molecule has 1 unspecified atom stereocenters. The molecule has 1 aromatic rings. The van der Waals surface area contributed by atoms with Gasteiger partial charge in [-0.3, -0.25) is 4.79 Å². The van der Waals surface area contributed by atoms with E-state index in [9.17, 15) is 9.90 Å². The summed E-state index contributed by atoms with van der Waals surface area (Å²) in [5, 5.41) is 9.45. The van der Waals surface area contributed by atoms with Crippen LogP contribution in [0.4, 0.5) is 0 Å². The van der Waals surface area contributed by atoms with Gasteiger partial charge in [-0.1, -0.05) is 24.3 Å². The SMILES string of the molecule is Cc1ccccc1CC(=O)N(CC(C)O)C(C)C. The van der Waals surface area contributed by atoms with Gasteiger partial charge < -0.3 is 10.0 Å². The Morgan fingerprint density at radius 1 is 1.28 bits per heavy atom. The predicted molar refractivity (Wildman–Crippen MR) is 73.4 cm³/mol. The van der Waals surface area contributed by atoms with Crippen LogP contribution in [0.15, 0.2) is 24.3 Å². The molecule has 1 atom stereocenters. The number of aliphatic hydroxyl groups excluding tert-OH is 1. The van der Waals surface area contributed by atoms with Crippen LogP contribution < -0.4 is 0 Å². The third kappa shape index (κ3) is 4.15. The molecule has 0 aromatic heterocycles. The average molecular weight is 249 g/mol. The summed E-state index contributed by atoms with van der Waals surface area (Å²) in [7, 11) is 0. The summed E-state index contributed by atoms with van der Waals surface area (Å²) in [5.41, 5.74) is 2.19. The van der Waals surface area contributed by atoms with Gasteiger partial charge in [0.15, 0.2) is 0 Å². The van der Waals surface area contributed by atoms with E-state index in [4.69, 9.17) is 0 Å². The largest absolute Gasteiger partial charge is 0.392 e. The van der Waals surface area contributed by atoms with Crippen molar-refractivity contribution < 1.29 is 9.90 Å². The lowest BCUT2D eigenvalue weighted by Gasteiger charge is -2.28. The molecule has 100 valence electrons. The lowest BCUT2D eigenvalue weighted by Crippen LogP contribution is -2.42. The number of nitrogens with zero attached hydrogens (tertiary/aromatic N) is 1. The number of aliphatic hydroxyl groups is 1. The van der Waals surface area contributed by atoms with E-state index >= 15 is 0 Å². The van der Waals surface area contributed by atoms with Crippen molar-refractivity contribution in [3.8, 4) is 0 Å². The van der Waals surface area contributed by atoms with Gasteiger partial charge in [-0.15, -0.1) is 0 Å². The maximum absolute atomic E-state index is 12.3. The first-order valence-electron chi connectivity index (χ1n) is 6.44. The molecular formula is C15H23NO2. The molecule has 3 nitrogen and oxygen atoms in total. The highest BCUT2D eigenvalue weighted by molar-refractivity contribution is 5.79. The lowest BCUT2D eigenvalue weighted by atomic mass is 10.0. The zero-order chi connectivity index (χ0) is 13.7. The van der Waals surface area contributed by atoms with Gasteiger partial charge in [-0.05, 0) is 38.8 Å². The predicted octanol–water partition coefficient (Wildman–Crippen LogP) is 2.16. The molecule has 1 rings (SSSR count). The van der Waals surface area contributed by atoms with E-state index in [2.05, 4.69) is 0 Å². The molecule has 1 aromatic carbocycles. The number of carbonyl (C=O) groups is 1. The molecule has 0 heterocycles. The Kier molecular flexibility index (Phi) is 5.35. The van der Waals surface area contributed by atoms with Crippen molar-refractivity contribution in [3.63, 3.8) is 0 Å². The second-order valence-corrected chi connectivity index (χ2v) is 5.09. The highest BCUT2D eigenvalue weighted by Crippen LogP contribution is 2.11. The summed E-state index contributed by atoms with van der Waals surface area (Å²) in [6, 6.07) is 8.02. The Balaban J connectivity index is 2.76. The number of benzene rings is 1. The third-order valence-corrected chi connectivity index (χ3v) is 3.01. The minimum atomic E-state index is -0.492. The van der Waals surface area contributed by atoms with E-state index in [0.29, 0.717) is 13.0 Å². The average Bonchev–Trinajstić information content (AvgIpc) is 2.28. The van der Waals surface area contributed by atoms with Crippen LogP contribution in [0.3, 0.4) is 0 Å². The first-order valence-corrected chi connectivity index (χ1v) is 6.44. The molecular weight excluding hydrogens is 226 g/mol. The van der Waals surface area contributed by atoms with Crippen molar-refractivity contribution in [2.45, 2.75) is 46.3 Å². The van der Waals surface area contributed by atoms with E-state index in [0.717, 1.165) is 11.1 Å². The summed E-state index contributed by atoms with van der Waals surface area (Å²) in [4.78, 5) is 14.0. The Morgan fingerprint density at radius 3 is 2.39 bits per heavy atom. The maximum Gasteiger partial charge on any atom is 0.227 e. The van der Waals surface area contributed by atoms with Gasteiger partial charge in [0.1, 0.15) is 0 Å². The zero-order valence-corrected chi connectivity index (χ0v) is 11.7. The van der Waals surface area contributed by atoms with Gasteiger partial charge in [-0.25, -0.2) is 0 Å². The number of rotatable bonds is 5. The van der Waals surface area contributed by atoms with E-state index in [1.54, 1.807) is 11.8 Å². The minimum Gasteiger partial charge on any atom is -0.392 e. The van der Waals surface area contributed by atoms with Crippen LogP contribution in [0.1, 0.15) is 31.9 Å². The van der Waals surface area contributed by atoms with E-state index < -0.39 is 6.10 Å². The lowest BCUT2D eigenvalue weighted by molar-refractivity contribution is -0.133. The first kappa shape index (κ1) is 14.7. The minimum absolute atomic E-state index is 0.0696. The van der Waals surface area contributed by atoms with Gasteiger partial charge in [0.2, 0.25) is 5.91 Å². The van der Waals surface area contributed by atoms with Gasteiger partial charge >= 0.3 is 0 Å². The van der Waals surface area contributed by atoms with Crippen molar-refractivity contribution in [2.75, 3.05) is 6.54 Å². The van der Waals surface area contributed by atoms with E-state index in [1.807, 2.05) is 45.0 Å². The molecule has 0 fully saturated rings. The van der Waals surface area contributed by atoms with Gasteiger partial charge in [0.25, 0.3) is 0 Å². The standard InChI is InChI=1S/C15H23NO2/c1-11(2)16(10-13(4)17)15(18)9-14-8-6-5-7-12(14)3/h5-8,11,13,17H,9-10H2,1-4H3. The molecule has 0 radical (unpaired) electrons. The molecule has 0 aliphatic heterocycles. The van der Waals surface area contributed by atoms with Crippen LogP contribution >= 0.6 is 0 Å². The molecule has 0 spiro atoms. The van der Waals surface area contributed by atoms with Crippen LogP contribution in [0.2, 0.25) is 0 Å². The van der Waals surface area contributed by atoms with Crippen molar-refractivity contribution in [1.29, 1.82) is 0 Å². The smallest absolute Gasteiger partial charge is 0.227 e. The van der Waals surface area contributed by atoms with Gasteiger partial charge in [0.05, 0.1) is 12.5 Å². The molecule has 0 aliphatic rings. The Morgan fingerprint density at radius 2 is 1.89 bits per heavy atom. The quantitative estimate of drug-likeness (QED) is 0.868. The van der Waals surface area contributed by atoms with Crippen LogP contribution in [0, 0.1) is 6.92 Å². The monoisotopic (exact) mass is 249 g/mol. The summed E-state index contributed by atoms with van der Waals surface area (Å²) in [5.74, 6) is 0.0696. The maximum atomic E-state index is 12.3. The highest BCUT2D eigenvalue weighted by atomic mass is 16.3. The molecule has 1 amide bonds. The molecule has 1 N–H and O–H groups in total. The number of aryl methyl sites for hydroxylation is 1. The van der Waals surface area contributed by atoms with Crippen LogP contribution in [0.5, 0.6) is 0 Å². The fraction of sp³-hybridized carbons (Fsp3) is 0.533. The second kappa shape index (κ2) is 6.55. The third-order valence-electron chi connectivity index (χ3n) is 3.01. The van der Waals surface area contributed by atoms with Crippen LogP contribution in [0.25, 0.3) is 0 Å². The summed E-state index contributed by atoms with van der Waals surface area (Å²) >= 11 is 0. The molecule has 3 heteroatoms. The summed E-state index contributed by atoms with van der Waals surface area (Å²) in [6.45, 7) is 8.05. The van der Waals surface area contributed by atoms with Gasteiger partial charge in [0, 0.05) is 12.6 Å². The molecule has 0 saturated carbocycles. The van der Waals surface area contributed by atoms with E-state index in [1.165, 1.54) is 0 Å². The zero-order valence-electron chi connectivity index (χ0n) is 11.7. The normalized spacial score (nSPS) is 12.6. The van der Waals surface area contributed by atoms with Crippen molar-refractivity contribution >= 4 is 5.91 Å². The molecule has 0 saturated heterocycles. The fourth-order valence-electron chi connectivity index (χ4n) is 1.96. The Labute approximate surface area is 109 Å². The summed E-state index contributed by atoms with van der Waals surface area (Å²) < 4.78 is 0. The first-order chi connectivity index (χ1) is 8.41. The Hall–Kier alpha value is -1.35. The number of carbonyl (C=O) groups excluding carboxylic acids is 1. The van der Waals surface area contributed by atoms with Crippen molar-refractivity contribution in [3.05, 3.63) is 35.4 Å². The molecule has 0 aliphatic carbocycles. The molecule has 0 bridgehead atoms. The number of amides is 1. The van der Waals surface area contributed by atoms with Crippen LogP contribution in [-0.2, 0) is 11.2 Å². The molecule has 18 heavy (non-hydrogen) atoms. The topological polar surface area (TPSA) is 40.5 Å². The highest BCUT2D eigenvalue weighted by Gasteiger charge is 2.19. The van der Waals surface area contributed by atoms with Gasteiger partial charge in [-0.2, -0.15) is 0 Å². The number of hydrogen-bond acceptors (Lipinski definition) is 2. The number of hydrogen-bond donors (Lipinski definition) is 1. The Bertz CT molecular complexity index is 399.